The fraction of sp³-hybridized carbons (Fsp3) is 0.438. The van der Waals surface area contributed by atoms with E-state index in [-0.39, 0.29) is 17.9 Å². The number of urea groups is 1. The summed E-state index contributed by atoms with van der Waals surface area (Å²) in [5.41, 5.74) is 5.87. The molecule has 1 aromatic heterocycles. The second-order valence-corrected chi connectivity index (χ2v) is 11.3. The Hall–Kier alpha value is -3.41. The largest absolute Gasteiger partial charge is 0.338 e. The van der Waals surface area contributed by atoms with Gasteiger partial charge in [0.1, 0.15) is 5.82 Å². The number of allylic oxidation sites excluding steroid dienone is 1. The van der Waals surface area contributed by atoms with Crippen molar-refractivity contribution in [2.75, 3.05) is 6.54 Å². The molecular formula is C32H37FN4O. The standard InChI is InChI=1S/C32H37FN4O/c33-27-13-15-28(16-14-27)37-31-19-25-12-11-24(29(25)17-26(31)21-35-37)18-30(23-9-5-2-6-10-23)36-32(38)34-20-22-7-3-1-4-8-22/h2,5-6,9-10,13-16,19,21-22,24,29-30H,1,3-4,7-8,11-12,17-18,20H2,(H2,34,36,38). The second-order valence-electron chi connectivity index (χ2n) is 11.3. The van der Waals surface area contributed by atoms with E-state index in [0.29, 0.717) is 17.8 Å². The number of rotatable bonds is 7. The Labute approximate surface area is 224 Å². The van der Waals surface area contributed by atoms with Crippen LogP contribution in [0.5, 0.6) is 0 Å². The summed E-state index contributed by atoms with van der Waals surface area (Å²) >= 11 is 0. The quantitative estimate of drug-likeness (QED) is 0.358. The maximum Gasteiger partial charge on any atom is 0.315 e. The lowest BCUT2D eigenvalue weighted by Crippen LogP contribution is -2.41. The third-order valence-corrected chi connectivity index (χ3v) is 8.89. The molecule has 3 aromatic rings. The van der Waals surface area contributed by atoms with Gasteiger partial charge in [-0.25, -0.2) is 13.9 Å². The van der Waals surface area contributed by atoms with Crippen LogP contribution in [0.25, 0.3) is 11.8 Å². The molecule has 5 nitrogen and oxygen atoms in total. The Morgan fingerprint density at radius 1 is 1.03 bits per heavy atom. The van der Waals surface area contributed by atoms with Crippen LogP contribution in [0.3, 0.4) is 0 Å². The number of nitrogens with one attached hydrogen (secondary N) is 2. The van der Waals surface area contributed by atoms with E-state index in [1.54, 1.807) is 12.1 Å². The van der Waals surface area contributed by atoms with Gasteiger partial charge in [0, 0.05) is 6.54 Å². The number of aromatic nitrogens is 2. The summed E-state index contributed by atoms with van der Waals surface area (Å²) in [7, 11) is 0. The van der Waals surface area contributed by atoms with Crippen molar-refractivity contribution in [3.8, 4) is 5.69 Å². The van der Waals surface area contributed by atoms with Crippen LogP contribution in [0, 0.1) is 23.6 Å². The smallest absolute Gasteiger partial charge is 0.315 e. The van der Waals surface area contributed by atoms with Crippen LogP contribution in [-0.2, 0) is 6.42 Å². The SMILES string of the molecule is O=C(NCC1CCCCC1)NC(CC1CCC2=Cc3c(cnn3-c3ccc(F)cc3)CC21)c1ccccc1. The number of fused-ring (bicyclic) bond motifs is 2. The molecule has 2 saturated carbocycles. The second kappa shape index (κ2) is 11.1. The molecule has 0 radical (unpaired) electrons. The first-order chi connectivity index (χ1) is 18.6. The summed E-state index contributed by atoms with van der Waals surface area (Å²) in [5.74, 6) is 1.33. The zero-order valence-corrected chi connectivity index (χ0v) is 21.9. The van der Waals surface area contributed by atoms with E-state index in [0.717, 1.165) is 43.6 Å². The molecule has 3 aliphatic rings. The summed E-state index contributed by atoms with van der Waals surface area (Å²) in [6, 6.07) is 16.8. The number of carbonyl (C=O) groups excluding carboxylic acids is 1. The predicted molar refractivity (Wildman–Crippen MR) is 148 cm³/mol. The highest BCUT2D eigenvalue weighted by molar-refractivity contribution is 5.74. The van der Waals surface area contributed by atoms with Gasteiger partial charge >= 0.3 is 6.03 Å². The fourth-order valence-electron chi connectivity index (χ4n) is 6.81. The Morgan fingerprint density at radius 3 is 2.61 bits per heavy atom. The summed E-state index contributed by atoms with van der Waals surface area (Å²) < 4.78 is 15.4. The summed E-state index contributed by atoms with van der Waals surface area (Å²) in [4.78, 5) is 13.0. The minimum Gasteiger partial charge on any atom is -0.338 e. The van der Waals surface area contributed by atoms with Gasteiger partial charge in [-0.2, -0.15) is 5.10 Å². The zero-order valence-electron chi connectivity index (χ0n) is 21.9. The molecule has 0 bridgehead atoms. The number of benzene rings is 2. The number of amides is 2. The lowest BCUT2D eigenvalue weighted by molar-refractivity contribution is 0.228. The lowest BCUT2D eigenvalue weighted by atomic mass is 9.80. The average Bonchev–Trinajstić information content (AvgIpc) is 3.55. The molecule has 198 valence electrons. The van der Waals surface area contributed by atoms with Crippen molar-refractivity contribution in [2.45, 2.75) is 63.8 Å². The van der Waals surface area contributed by atoms with Crippen molar-refractivity contribution < 1.29 is 9.18 Å². The van der Waals surface area contributed by atoms with Crippen LogP contribution in [0.15, 0.2) is 66.4 Å². The first-order valence-corrected chi connectivity index (χ1v) is 14.3. The molecule has 3 aliphatic carbocycles. The zero-order chi connectivity index (χ0) is 25.9. The molecule has 6 heteroatoms. The molecule has 1 heterocycles. The van der Waals surface area contributed by atoms with E-state index in [1.165, 1.54) is 60.9 Å². The molecule has 2 N–H and O–H groups in total. The van der Waals surface area contributed by atoms with E-state index < -0.39 is 0 Å². The molecule has 0 aliphatic heterocycles. The Balaban J connectivity index is 1.15. The molecule has 0 saturated heterocycles. The van der Waals surface area contributed by atoms with Crippen molar-refractivity contribution in [1.82, 2.24) is 20.4 Å². The molecule has 3 unspecified atom stereocenters. The van der Waals surface area contributed by atoms with E-state index in [2.05, 4.69) is 46.1 Å². The first-order valence-electron chi connectivity index (χ1n) is 14.3. The van der Waals surface area contributed by atoms with Gasteiger partial charge in [0.2, 0.25) is 0 Å². The molecular weight excluding hydrogens is 475 g/mol. The predicted octanol–water partition coefficient (Wildman–Crippen LogP) is 6.99. The van der Waals surface area contributed by atoms with Gasteiger partial charge in [-0.05, 0) is 97.7 Å². The third kappa shape index (κ3) is 5.40. The van der Waals surface area contributed by atoms with Gasteiger partial charge < -0.3 is 10.6 Å². The molecule has 2 aromatic carbocycles. The van der Waals surface area contributed by atoms with Crippen molar-refractivity contribution >= 4 is 12.1 Å². The van der Waals surface area contributed by atoms with Crippen molar-refractivity contribution in [2.24, 2.45) is 17.8 Å². The lowest BCUT2D eigenvalue weighted by Gasteiger charge is -2.29. The maximum atomic E-state index is 13.4. The molecule has 2 amide bonds. The summed E-state index contributed by atoms with van der Waals surface area (Å²) in [6.07, 6.45) is 14.7. The highest BCUT2D eigenvalue weighted by Gasteiger charge is 2.37. The van der Waals surface area contributed by atoms with Gasteiger partial charge in [-0.1, -0.05) is 55.2 Å². The Bertz CT molecular complexity index is 1280. The van der Waals surface area contributed by atoms with Gasteiger partial charge in [0.25, 0.3) is 0 Å². The van der Waals surface area contributed by atoms with Gasteiger partial charge in [-0.3, -0.25) is 0 Å². The van der Waals surface area contributed by atoms with Crippen LogP contribution in [0.4, 0.5) is 9.18 Å². The number of nitrogens with zero attached hydrogens (tertiary/aromatic N) is 2. The van der Waals surface area contributed by atoms with E-state index >= 15 is 0 Å². The van der Waals surface area contributed by atoms with Crippen LogP contribution < -0.4 is 10.6 Å². The minimum atomic E-state index is -0.240. The topological polar surface area (TPSA) is 59.0 Å². The van der Waals surface area contributed by atoms with Gasteiger partial charge in [0.15, 0.2) is 0 Å². The van der Waals surface area contributed by atoms with E-state index in [9.17, 15) is 9.18 Å². The highest BCUT2D eigenvalue weighted by Crippen LogP contribution is 2.46. The maximum absolute atomic E-state index is 13.4. The fourth-order valence-corrected chi connectivity index (χ4v) is 6.81. The monoisotopic (exact) mass is 512 g/mol. The molecule has 38 heavy (non-hydrogen) atoms. The molecule has 0 spiro atoms. The Morgan fingerprint density at radius 2 is 1.82 bits per heavy atom. The minimum absolute atomic E-state index is 0.0183. The van der Waals surface area contributed by atoms with Crippen molar-refractivity contribution in [1.29, 1.82) is 0 Å². The highest BCUT2D eigenvalue weighted by atomic mass is 19.1. The van der Waals surface area contributed by atoms with Crippen molar-refractivity contribution in [3.63, 3.8) is 0 Å². The number of halogens is 1. The first kappa shape index (κ1) is 24.9. The molecule has 2 fully saturated rings. The van der Waals surface area contributed by atoms with Crippen LogP contribution >= 0.6 is 0 Å². The third-order valence-electron chi connectivity index (χ3n) is 8.89. The number of carbonyl (C=O) groups is 1. The summed E-state index contributed by atoms with van der Waals surface area (Å²) in [5, 5.41) is 11.1. The van der Waals surface area contributed by atoms with E-state index in [1.807, 2.05) is 16.9 Å². The van der Waals surface area contributed by atoms with E-state index in [4.69, 9.17) is 0 Å². The van der Waals surface area contributed by atoms with Crippen LogP contribution in [0.2, 0.25) is 0 Å². The van der Waals surface area contributed by atoms with Crippen LogP contribution in [-0.4, -0.2) is 22.4 Å². The van der Waals surface area contributed by atoms with Gasteiger partial charge in [-0.15, -0.1) is 0 Å². The molecule has 6 rings (SSSR count). The van der Waals surface area contributed by atoms with Gasteiger partial charge in [0.05, 0.1) is 23.6 Å². The Kier molecular flexibility index (Phi) is 7.30. The van der Waals surface area contributed by atoms with Crippen molar-refractivity contribution in [3.05, 3.63) is 89.0 Å². The van der Waals surface area contributed by atoms with Crippen LogP contribution in [0.1, 0.15) is 74.2 Å². The number of hydrogen-bond donors (Lipinski definition) is 2. The normalized spacial score (nSPS) is 21.8. The average molecular weight is 513 g/mol. The molecule has 3 atom stereocenters. The summed E-state index contributed by atoms with van der Waals surface area (Å²) in [6.45, 7) is 0.771. The number of hydrogen-bond acceptors (Lipinski definition) is 2.